The minimum atomic E-state index is 0.00694. The van der Waals surface area contributed by atoms with Crippen LogP contribution in [-0.2, 0) is 4.79 Å². The largest absolute Gasteiger partial charge is 0.307 e. The van der Waals surface area contributed by atoms with Gasteiger partial charge in [0.2, 0.25) is 0 Å². The molecule has 0 aliphatic heterocycles. The maximum atomic E-state index is 11.5. The average molecular weight is 171 g/mol. The third-order valence-electron chi connectivity index (χ3n) is 1.94. The van der Waals surface area contributed by atoms with Crippen LogP contribution in [0.3, 0.4) is 0 Å². The molecule has 0 amide bonds. The second-order valence-corrected chi connectivity index (χ2v) is 4.18. The molecule has 0 rings (SSSR count). The summed E-state index contributed by atoms with van der Waals surface area (Å²) in [5.41, 5.74) is 0.0309. The summed E-state index contributed by atoms with van der Waals surface area (Å²) >= 11 is 0. The van der Waals surface area contributed by atoms with Gasteiger partial charge in [-0.25, -0.2) is 0 Å². The molecule has 0 aromatic rings. The molecule has 0 aliphatic rings. The Kier molecular flexibility index (Phi) is 4.46. The molecule has 0 bridgehead atoms. The minimum absolute atomic E-state index is 0.00694. The van der Waals surface area contributed by atoms with E-state index < -0.39 is 0 Å². The number of rotatable bonds is 4. The van der Waals surface area contributed by atoms with Gasteiger partial charge in [-0.2, -0.15) is 0 Å². The fourth-order valence-corrected chi connectivity index (χ4v) is 1.31. The van der Waals surface area contributed by atoms with E-state index in [-0.39, 0.29) is 11.5 Å². The highest BCUT2D eigenvalue weighted by molar-refractivity contribution is 5.84. The molecule has 0 aromatic carbocycles. The maximum Gasteiger partial charge on any atom is 0.150 e. The molecule has 72 valence electrons. The Bertz CT molecular complexity index is 146. The van der Waals surface area contributed by atoms with Crippen molar-refractivity contribution in [1.29, 1.82) is 0 Å². The van der Waals surface area contributed by atoms with Crippen LogP contribution in [0.15, 0.2) is 0 Å². The molecule has 0 heterocycles. The van der Waals surface area contributed by atoms with Crippen molar-refractivity contribution in [2.45, 2.75) is 47.1 Å². The topological polar surface area (TPSA) is 29.1 Å². The first-order chi connectivity index (χ1) is 5.43. The van der Waals surface area contributed by atoms with E-state index in [4.69, 9.17) is 0 Å². The predicted octanol–water partition coefficient (Wildman–Crippen LogP) is 1.99. The van der Waals surface area contributed by atoms with Crippen molar-refractivity contribution < 1.29 is 4.79 Å². The van der Waals surface area contributed by atoms with Gasteiger partial charge in [-0.1, -0.05) is 34.6 Å². The van der Waals surface area contributed by atoms with Crippen molar-refractivity contribution in [3.8, 4) is 0 Å². The Morgan fingerprint density at radius 1 is 1.33 bits per heavy atom. The lowest BCUT2D eigenvalue weighted by molar-refractivity contribution is -0.123. The van der Waals surface area contributed by atoms with E-state index in [1.165, 1.54) is 0 Å². The Morgan fingerprint density at radius 2 is 1.83 bits per heavy atom. The molecule has 0 aliphatic carbocycles. The Hall–Kier alpha value is -0.370. The highest BCUT2D eigenvalue weighted by Gasteiger charge is 2.28. The molecule has 0 spiro atoms. The molecule has 0 radical (unpaired) electrons. The van der Waals surface area contributed by atoms with Crippen molar-refractivity contribution in [3.05, 3.63) is 0 Å². The maximum absolute atomic E-state index is 11.5. The highest BCUT2D eigenvalue weighted by atomic mass is 16.1. The lowest BCUT2D eigenvalue weighted by Gasteiger charge is -2.29. The van der Waals surface area contributed by atoms with Crippen molar-refractivity contribution in [3.63, 3.8) is 0 Å². The van der Waals surface area contributed by atoms with Gasteiger partial charge in [0.25, 0.3) is 0 Å². The molecule has 1 N–H and O–H groups in total. The number of carbonyl (C=O) groups is 1. The number of hydrogen-bond donors (Lipinski definition) is 1. The van der Waals surface area contributed by atoms with Gasteiger partial charge in [-0.05, 0) is 12.0 Å². The fraction of sp³-hybridized carbons (Fsp3) is 0.900. The van der Waals surface area contributed by atoms with Crippen molar-refractivity contribution in [1.82, 2.24) is 5.32 Å². The predicted molar refractivity (Wildman–Crippen MR) is 52.2 cm³/mol. The normalized spacial score (nSPS) is 14.4. The van der Waals surface area contributed by atoms with Crippen molar-refractivity contribution in [2.24, 2.45) is 5.41 Å². The van der Waals surface area contributed by atoms with Gasteiger partial charge in [0.15, 0.2) is 0 Å². The zero-order chi connectivity index (χ0) is 9.78. The zero-order valence-electron chi connectivity index (χ0n) is 8.90. The van der Waals surface area contributed by atoms with E-state index in [2.05, 4.69) is 26.1 Å². The molecule has 0 aromatic heterocycles. The summed E-state index contributed by atoms with van der Waals surface area (Å²) in [5, 5.41) is 3.22. The van der Waals surface area contributed by atoms with Crippen LogP contribution in [0.2, 0.25) is 0 Å². The van der Waals surface area contributed by atoms with Gasteiger partial charge < -0.3 is 5.32 Å². The number of nitrogens with one attached hydrogen (secondary N) is 1. The highest BCUT2D eigenvalue weighted by Crippen LogP contribution is 2.20. The summed E-state index contributed by atoms with van der Waals surface area (Å²) in [6.07, 6.45) is 0.620. The van der Waals surface area contributed by atoms with Crippen LogP contribution in [0, 0.1) is 5.41 Å². The van der Waals surface area contributed by atoms with Crippen LogP contribution in [0.4, 0.5) is 0 Å². The van der Waals surface area contributed by atoms with Gasteiger partial charge in [0.05, 0.1) is 6.04 Å². The van der Waals surface area contributed by atoms with Gasteiger partial charge in [-0.15, -0.1) is 0 Å². The Labute approximate surface area is 75.7 Å². The molecular weight excluding hydrogens is 150 g/mol. The average Bonchev–Trinajstić information content (AvgIpc) is 1.96. The van der Waals surface area contributed by atoms with Crippen LogP contribution in [0.1, 0.15) is 41.0 Å². The summed E-state index contributed by atoms with van der Waals surface area (Å²) in [7, 11) is 0. The zero-order valence-corrected chi connectivity index (χ0v) is 8.90. The Morgan fingerprint density at radius 3 is 2.08 bits per heavy atom. The van der Waals surface area contributed by atoms with Gasteiger partial charge in [0, 0.05) is 6.42 Å². The molecule has 2 heteroatoms. The molecule has 1 unspecified atom stereocenters. The van der Waals surface area contributed by atoms with Crippen molar-refractivity contribution >= 4 is 5.78 Å². The lowest BCUT2D eigenvalue weighted by Crippen LogP contribution is -2.46. The summed E-state index contributed by atoms with van der Waals surface area (Å²) in [4.78, 5) is 11.5. The van der Waals surface area contributed by atoms with E-state index in [1.54, 1.807) is 0 Å². The Balaban J connectivity index is 4.33. The van der Waals surface area contributed by atoms with E-state index in [9.17, 15) is 4.79 Å². The monoisotopic (exact) mass is 171 g/mol. The molecule has 12 heavy (non-hydrogen) atoms. The first kappa shape index (κ1) is 11.6. The second-order valence-electron chi connectivity index (χ2n) is 4.18. The van der Waals surface area contributed by atoms with E-state index in [0.29, 0.717) is 12.2 Å². The SMILES string of the molecule is CCNC(C(=O)CC)C(C)(C)C. The first-order valence-corrected chi connectivity index (χ1v) is 4.69. The molecule has 0 saturated heterocycles. The number of Topliss-reactive ketones (excluding diaryl/α,β-unsaturated/α-hetero) is 1. The molecule has 1 atom stereocenters. The molecule has 0 saturated carbocycles. The molecular formula is C10H21NO. The van der Waals surface area contributed by atoms with Gasteiger partial charge >= 0.3 is 0 Å². The van der Waals surface area contributed by atoms with E-state index >= 15 is 0 Å². The summed E-state index contributed by atoms with van der Waals surface area (Å²) in [6, 6.07) is 0.00694. The molecule has 2 nitrogen and oxygen atoms in total. The minimum Gasteiger partial charge on any atom is -0.307 e. The third kappa shape index (κ3) is 3.35. The number of ketones is 1. The van der Waals surface area contributed by atoms with Crippen molar-refractivity contribution in [2.75, 3.05) is 6.54 Å². The van der Waals surface area contributed by atoms with Gasteiger partial charge in [-0.3, -0.25) is 4.79 Å². The first-order valence-electron chi connectivity index (χ1n) is 4.69. The quantitative estimate of drug-likeness (QED) is 0.701. The summed E-state index contributed by atoms with van der Waals surface area (Å²) in [6.45, 7) is 11.1. The van der Waals surface area contributed by atoms with E-state index in [1.807, 2.05) is 13.8 Å². The summed E-state index contributed by atoms with van der Waals surface area (Å²) in [5.74, 6) is 0.310. The smallest absolute Gasteiger partial charge is 0.150 e. The lowest BCUT2D eigenvalue weighted by atomic mass is 9.83. The van der Waals surface area contributed by atoms with Crippen LogP contribution in [0.5, 0.6) is 0 Å². The summed E-state index contributed by atoms with van der Waals surface area (Å²) < 4.78 is 0. The van der Waals surface area contributed by atoms with Crippen LogP contribution < -0.4 is 5.32 Å². The van der Waals surface area contributed by atoms with Gasteiger partial charge in [0.1, 0.15) is 5.78 Å². The van der Waals surface area contributed by atoms with Crippen LogP contribution >= 0.6 is 0 Å². The second kappa shape index (κ2) is 4.61. The number of likely N-dealkylation sites (N-methyl/N-ethyl adjacent to an activating group) is 1. The fourth-order valence-electron chi connectivity index (χ4n) is 1.31. The van der Waals surface area contributed by atoms with Crippen LogP contribution in [-0.4, -0.2) is 18.4 Å². The van der Waals surface area contributed by atoms with E-state index in [0.717, 1.165) is 6.54 Å². The number of hydrogen-bond acceptors (Lipinski definition) is 2. The van der Waals surface area contributed by atoms with Crippen LogP contribution in [0.25, 0.3) is 0 Å². The number of carbonyl (C=O) groups excluding carboxylic acids is 1. The molecule has 0 fully saturated rings. The standard InChI is InChI=1S/C10H21NO/c1-6-8(12)9(11-7-2)10(3,4)5/h9,11H,6-7H2,1-5H3. The third-order valence-corrected chi connectivity index (χ3v) is 1.94.